The molecule has 1 amide bonds. The second-order valence-electron chi connectivity index (χ2n) is 7.16. The number of hydrogen-bond donors (Lipinski definition) is 1. The van der Waals surface area contributed by atoms with E-state index >= 15 is 0 Å². The van der Waals surface area contributed by atoms with Gasteiger partial charge in [0.1, 0.15) is 0 Å². The summed E-state index contributed by atoms with van der Waals surface area (Å²) in [5.74, 6) is -0.601. The third-order valence-electron chi connectivity index (χ3n) is 4.98. The van der Waals surface area contributed by atoms with E-state index in [1.165, 1.54) is 0 Å². The third kappa shape index (κ3) is 6.19. The van der Waals surface area contributed by atoms with Gasteiger partial charge in [-0.25, -0.2) is 13.1 Å². The van der Waals surface area contributed by atoms with Crippen molar-refractivity contribution in [3.05, 3.63) is 69.2 Å². The minimum absolute atomic E-state index is 0.300. The van der Waals surface area contributed by atoms with Gasteiger partial charge in [-0.3, -0.25) is 4.79 Å². The molecule has 1 aliphatic carbocycles. The molecule has 0 bridgehead atoms. The lowest BCUT2D eigenvalue weighted by atomic mass is 10.0. The first-order valence-electron chi connectivity index (χ1n) is 9.52. The van der Waals surface area contributed by atoms with E-state index in [2.05, 4.69) is 4.72 Å². The molecule has 0 aliphatic heterocycles. The number of carbonyl (C=O) groups is 1. The lowest BCUT2D eigenvalue weighted by Gasteiger charge is -2.21. The largest absolute Gasteiger partial charge is 0.372 e. The number of rotatable bonds is 7. The number of amides is 1. The van der Waals surface area contributed by atoms with Crippen LogP contribution in [0.1, 0.15) is 53.6 Å². The molecule has 2 aromatic carbocycles. The Morgan fingerprint density at radius 1 is 1.00 bits per heavy atom. The Bertz CT molecular complexity index is 955. The van der Waals surface area contributed by atoms with Crippen LogP contribution < -0.4 is 4.72 Å². The molecule has 1 N–H and O–H groups in total. The van der Waals surface area contributed by atoms with Crippen molar-refractivity contribution in [3.63, 3.8) is 0 Å². The Balaban J connectivity index is 1.53. The predicted molar refractivity (Wildman–Crippen MR) is 115 cm³/mol. The van der Waals surface area contributed by atoms with E-state index < -0.39 is 21.2 Å². The molecule has 1 aliphatic rings. The monoisotopic (exact) mass is 455 g/mol. The zero-order valence-corrected chi connectivity index (χ0v) is 18.2. The number of hydrogen-bond acceptors (Lipinski definition) is 4. The molecule has 29 heavy (non-hydrogen) atoms. The summed E-state index contributed by atoms with van der Waals surface area (Å²) in [5, 5.41) is 0.634. The summed E-state index contributed by atoms with van der Waals surface area (Å²) in [6.07, 6.45) is 4.03. The minimum Gasteiger partial charge on any atom is -0.372 e. The van der Waals surface area contributed by atoms with E-state index in [0.717, 1.165) is 30.4 Å². The van der Waals surface area contributed by atoms with E-state index in [0.29, 0.717) is 41.7 Å². The first-order chi connectivity index (χ1) is 13.8. The van der Waals surface area contributed by atoms with E-state index in [-0.39, 0.29) is 0 Å². The summed E-state index contributed by atoms with van der Waals surface area (Å²) in [4.78, 5) is 12.3. The molecule has 5 nitrogen and oxygen atoms in total. The number of sulfonamides is 1. The van der Waals surface area contributed by atoms with Crippen LogP contribution >= 0.6 is 23.2 Å². The van der Waals surface area contributed by atoms with Crippen molar-refractivity contribution >= 4 is 39.1 Å². The van der Waals surface area contributed by atoms with Crippen molar-refractivity contribution in [2.75, 3.05) is 0 Å². The summed E-state index contributed by atoms with van der Waals surface area (Å²) in [7, 11) is -3.64. The quantitative estimate of drug-likeness (QED) is 0.629. The fourth-order valence-electron chi connectivity index (χ4n) is 3.32. The van der Waals surface area contributed by atoms with Gasteiger partial charge >= 0.3 is 0 Å². The van der Waals surface area contributed by atoms with Crippen molar-refractivity contribution in [2.45, 2.75) is 50.6 Å². The molecule has 1 saturated carbocycles. The molecule has 0 saturated heterocycles. The van der Waals surface area contributed by atoms with Crippen LogP contribution in [-0.4, -0.2) is 19.6 Å². The van der Waals surface area contributed by atoms with Crippen molar-refractivity contribution in [3.8, 4) is 0 Å². The van der Waals surface area contributed by atoms with Crippen molar-refractivity contribution in [2.24, 2.45) is 0 Å². The van der Waals surface area contributed by atoms with Crippen molar-refractivity contribution in [1.82, 2.24) is 4.72 Å². The molecule has 8 heteroatoms. The maximum Gasteiger partial charge on any atom is 0.264 e. The van der Waals surface area contributed by atoms with Crippen LogP contribution in [0.3, 0.4) is 0 Å². The van der Waals surface area contributed by atoms with Crippen molar-refractivity contribution in [1.29, 1.82) is 0 Å². The Kier molecular flexibility index (Phi) is 7.57. The van der Waals surface area contributed by atoms with Gasteiger partial charge in [0.2, 0.25) is 10.0 Å². The Morgan fingerprint density at radius 2 is 1.69 bits per heavy atom. The SMILES string of the molecule is O=C(NS(=O)(=O)C1CCCCC1)c1ccc(COCc2ccc(Cl)cc2Cl)cc1. The van der Waals surface area contributed by atoms with Crippen LogP contribution in [0.25, 0.3) is 0 Å². The topological polar surface area (TPSA) is 72.5 Å². The third-order valence-corrected chi connectivity index (χ3v) is 7.39. The first-order valence-corrected chi connectivity index (χ1v) is 11.8. The highest BCUT2D eigenvalue weighted by atomic mass is 35.5. The molecule has 0 radical (unpaired) electrons. The summed E-state index contributed by atoms with van der Waals surface area (Å²) in [5.41, 5.74) is 2.00. The van der Waals surface area contributed by atoms with Gasteiger partial charge in [-0.15, -0.1) is 0 Å². The number of ether oxygens (including phenoxy) is 1. The fourth-order valence-corrected chi connectivity index (χ4v) is 5.28. The molecule has 156 valence electrons. The van der Waals surface area contributed by atoms with Crippen molar-refractivity contribution < 1.29 is 17.9 Å². The molecule has 2 aromatic rings. The average Bonchev–Trinajstić information content (AvgIpc) is 2.70. The highest BCUT2D eigenvalue weighted by molar-refractivity contribution is 7.90. The molecule has 1 fully saturated rings. The fraction of sp³-hybridized carbons (Fsp3) is 0.381. The molecule has 0 aromatic heterocycles. The lowest BCUT2D eigenvalue weighted by molar-refractivity contribution is 0.0979. The van der Waals surface area contributed by atoms with Gasteiger partial charge in [0.15, 0.2) is 0 Å². The molecular formula is C21H23Cl2NO4S. The number of halogens is 2. The van der Waals surface area contributed by atoms with E-state index in [4.69, 9.17) is 27.9 Å². The number of benzene rings is 2. The summed E-state index contributed by atoms with van der Waals surface area (Å²) in [6, 6.07) is 11.9. The van der Waals surface area contributed by atoms with Crippen LogP contribution in [0.4, 0.5) is 0 Å². The Labute approximate surface area is 181 Å². The summed E-state index contributed by atoms with van der Waals surface area (Å²) >= 11 is 12.0. The van der Waals surface area contributed by atoms with Gasteiger partial charge in [0.25, 0.3) is 5.91 Å². The second kappa shape index (κ2) is 9.94. The Hall–Kier alpha value is -1.60. The van der Waals surface area contributed by atoms with Crippen LogP contribution in [-0.2, 0) is 28.0 Å². The predicted octanol–water partition coefficient (Wildman–Crippen LogP) is 5.10. The molecule has 0 unspecified atom stereocenters. The maximum atomic E-state index is 12.4. The van der Waals surface area contributed by atoms with Gasteiger partial charge in [-0.05, 0) is 48.2 Å². The normalized spacial score (nSPS) is 15.2. The molecule has 3 rings (SSSR count). The van der Waals surface area contributed by atoms with Gasteiger partial charge < -0.3 is 4.74 Å². The lowest BCUT2D eigenvalue weighted by Crippen LogP contribution is -2.39. The van der Waals surface area contributed by atoms with Crippen LogP contribution in [0.15, 0.2) is 42.5 Å². The van der Waals surface area contributed by atoms with Gasteiger partial charge in [-0.2, -0.15) is 0 Å². The smallest absolute Gasteiger partial charge is 0.264 e. The second-order valence-corrected chi connectivity index (χ2v) is 9.97. The van der Waals surface area contributed by atoms with Gasteiger partial charge in [0, 0.05) is 15.6 Å². The first kappa shape index (κ1) is 22.1. The van der Waals surface area contributed by atoms with E-state index in [9.17, 15) is 13.2 Å². The summed E-state index contributed by atoms with van der Waals surface area (Å²) in [6.45, 7) is 0.666. The zero-order valence-electron chi connectivity index (χ0n) is 15.9. The van der Waals surface area contributed by atoms with Gasteiger partial charge in [-0.1, -0.05) is 60.7 Å². The standard InChI is InChI=1S/C21H23Cl2NO4S/c22-18-11-10-17(20(23)12-18)14-28-13-15-6-8-16(9-7-15)21(25)24-29(26,27)19-4-2-1-3-5-19/h6-12,19H,1-5,13-14H2,(H,24,25). The molecule has 0 spiro atoms. The number of nitrogens with one attached hydrogen (secondary N) is 1. The summed E-state index contributed by atoms with van der Waals surface area (Å²) < 4.78 is 32.7. The molecule has 0 atom stereocenters. The zero-order chi connectivity index (χ0) is 20.9. The highest BCUT2D eigenvalue weighted by Gasteiger charge is 2.29. The maximum absolute atomic E-state index is 12.4. The van der Waals surface area contributed by atoms with Crippen LogP contribution in [0.5, 0.6) is 0 Å². The number of carbonyl (C=O) groups excluding carboxylic acids is 1. The van der Waals surface area contributed by atoms with Gasteiger partial charge in [0.05, 0.1) is 18.5 Å². The highest BCUT2D eigenvalue weighted by Crippen LogP contribution is 2.24. The Morgan fingerprint density at radius 3 is 2.34 bits per heavy atom. The minimum atomic E-state index is -3.64. The average molecular weight is 456 g/mol. The van der Waals surface area contributed by atoms with Crippen LogP contribution in [0.2, 0.25) is 10.0 Å². The molecule has 0 heterocycles. The van der Waals surface area contributed by atoms with E-state index in [1.54, 1.807) is 36.4 Å². The van der Waals surface area contributed by atoms with E-state index in [1.807, 2.05) is 6.07 Å². The van der Waals surface area contributed by atoms with Crippen LogP contribution in [0, 0.1) is 0 Å². The molecular weight excluding hydrogens is 433 g/mol.